The highest BCUT2D eigenvalue weighted by Gasteiger charge is 2.21. The summed E-state index contributed by atoms with van der Waals surface area (Å²) in [7, 11) is -1.51. The molecule has 0 aliphatic carbocycles. The maximum Gasteiger partial charge on any atom is 0.242 e. The molecule has 0 aromatic rings. The third-order valence-electron chi connectivity index (χ3n) is 1.93. The van der Waals surface area contributed by atoms with Gasteiger partial charge in [0.15, 0.2) is 0 Å². The molecule has 0 radical (unpaired) electrons. The van der Waals surface area contributed by atoms with Crippen LogP contribution in [-0.4, -0.2) is 13.1 Å². The molecule has 0 bridgehead atoms. The zero-order valence-corrected chi connectivity index (χ0v) is 15.0. The van der Waals surface area contributed by atoms with Gasteiger partial charge in [-0.1, -0.05) is 38.1 Å². The quantitative estimate of drug-likeness (QED) is 0.247. The largest absolute Gasteiger partial charge is 0.540 e. The van der Waals surface area contributed by atoms with Crippen molar-refractivity contribution in [1.82, 2.24) is 0 Å². The van der Waals surface area contributed by atoms with E-state index in [1.165, 1.54) is 12.0 Å². The standard InChI is InChI=1S/C15H30OSSi/c1-13(2)11-9-10-12-14(16-18(6,7)8)17-15(3,4)5/h12H,1,9-11H2,2-8H3/b14-12+. The lowest BCUT2D eigenvalue weighted by Crippen LogP contribution is -2.25. The summed E-state index contributed by atoms with van der Waals surface area (Å²) in [5.74, 6) is 0. The molecule has 0 fully saturated rings. The van der Waals surface area contributed by atoms with Crippen LogP contribution in [0.2, 0.25) is 19.6 Å². The molecule has 18 heavy (non-hydrogen) atoms. The Bertz CT molecular complexity index is 277. The van der Waals surface area contributed by atoms with E-state index in [-0.39, 0.29) is 4.75 Å². The molecule has 0 spiro atoms. The van der Waals surface area contributed by atoms with E-state index in [2.05, 4.69) is 60.0 Å². The van der Waals surface area contributed by atoms with Crippen LogP contribution in [0.4, 0.5) is 0 Å². The van der Waals surface area contributed by atoms with Gasteiger partial charge in [-0.25, -0.2) is 0 Å². The first-order chi connectivity index (χ1) is 7.99. The van der Waals surface area contributed by atoms with Crippen molar-refractivity contribution in [3.05, 3.63) is 23.3 Å². The lowest BCUT2D eigenvalue weighted by Gasteiger charge is -2.26. The van der Waals surface area contributed by atoms with E-state index >= 15 is 0 Å². The molecule has 3 heteroatoms. The van der Waals surface area contributed by atoms with E-state index in [4.69, 9.17) is 4.43 Å². The molecule has 0 amide bonds. The van der Waals surface area contributed by atoms with Gasteiger partial charge in [-0.3, -0.25) is 0 Å². The number of hydrogen-bond acceptors (Lipinski definition) is 2. The topological polar surface area (TPSA) is 9.23 Å². The Morgan fingerprint density at radius 3 is 2.22 bits per heavy atom. The van der Waals surface area contributed by atoms with Crippen LogP contribution in [0, 0.1) is 0 Å². The fourth-order valence-electron chi connectivity index (χ4n) is 1.33. The molecular weight excluding hydrogens is 256 g/mol. The fourth-order valence-corrected chi connectivity index (χ4v) is 3.74. The molecular formula is C15H30OSSi. The molecule has 0 N–H and O–H groups in total. The zero-order chi connectivity index (χ0) is 14.4. The second-order valence-corrected chi connectivity index (χ2v) is 13.1. The Morgan fingerprint density at radius 2 is 1.83 bits per heavy atom. The molecule has 0 heterocycles. The molecule has 0 atom stereocenters. The molecule has 0 saturated carbocycles. The highest BCUT2D eigenvalue weighted by molar-refractivity contribution is 8.04. The van der Waals surface area contributed by atoms with E-state index in [0.29, 0.717) is 0 Å². The number of thioether (sulfide) groups is 1. The van der Waals surface area contributed by atoms with Crippen LogP contribution in [0.1, 0.15) is 47.0 Å². The molecule has 0 saturated heterocycles. The van der Waals surface area contributed by atoms with Crippen LogP contribution in [0.25, 0.3) is 0 Å². The van der Waals surface area contributed by atoms with Gasteiger partial charge in [0.25, 0.3) is 0 Å². The van der Waals surface area contributed by atoms with Crippen molar-refractivity contribution in [2.24, 2.45) is 0 Å². The Kier molecular flexibility index (Phi) is 7.38. The lowest BCUT2D eigenvalue weighted by atomic mass is 10.1. The van der Waals surface area contributed by atoms with Crippen molar-refractivity contribution < 1.29 is 4.43 Å². The molecule has 0 aliphatic rings. The van der Waals surface area contributed by atoms with E-state index in [9.17, 15) is 0 Å². The van der Waals surface area contributed by atoms with Crippen molar-refractivity contribution >= 4 is 20.1 Å². The van der Waals surface area contributed by atoms with Gasteiger partial charge in [0.05, 0.1) is 0 Å². The molecule has 0 aromatic heterocycles. The second kappa shape index (κ2) is 7.44. The number of hydrogen-bond donors (Lipinski definition) is 0. The summed E-state index contributed by atoms with van der Waals surface area (Å²) >= 11 is 1.84. The Balaban J connectivity index is 4.45. The molecule has 0 unspecified atom stereocenters. The molecule has 0 rings (SSSR count). The molecule has 106 valence electrons. The van der Waals surface area contributed by atoms with Crippen molar-refractivity contribution in [3.8, 4) is 0 Å². The minimum Gasteiger partial charge on any atom is -0.540 e. The van der Waals surface area contributed by atoms with Gasteiger partial charge in [0.1, 0.15) is 5.09 Å². The van der Waals surface area contributed by atoms with Crippen LogP contribution >= 0.6 is 11.8 Å². The first kappa shape index (κ1) is 17.8. The maximum absolute atomic E-state index is 6.16. The Hall–Kier alpha value is -0.153. The maximum atomic E-state index is 6.16. The lowest BCUT2D eigenvalue weighted by molar-refractivity contribution is 0.458. The van der Waals surface area contributed by atoms with Crippen LogP contribution in [-0.2, 0) is 4.43 Å². The second-order valence-electron chi connectivity index (χ2n) is 6.80. The summed E-state index contributed by atoms with van der Waals surface area (Å²) in [6, 6.07) is 0. The average Bonchev–Trinajstić information content (AvgIpc) is 2.06. The summed E-state index contributed by atoms with van der Waals surface area (Å²) in [6.45, 7) is 19.4. The normalized spacial score (nSPS) is 13.6. The molecule has 1 nitrogen and oxygen atoms in total. The number of rotatable bonds is 7. The summed E-state index contributed by atoms with van der Waals surface area (Å²) in [5.41, 5.74) is 1.26. The van der Waals surface area contributed by atoms with Crippen molar-refractivity contribution in [2.45, 2.75) is 71.3 Å². The summed E-state index contributed by atoms with van der Waals surface area (Å²) in [5, 5.41) is 1.11. The fraction of sp³-hybridized carbons (Fsp3) is 0.733. The SMILES string of the molecule is C=C(C)CCC/C=C(\O[Si](C)(C)C)SC(C)(C)C. The third kappa shape index (κ3) is 12.3. The Morgan fingerprint density at radius 1 is 1.28 bits per heavy atom. The molecule has 0 aromatic carbocycles. The van der Waals surface area contributed by atoms with Crippen molar-refractivity contribution in [1.29, 1.82) is 0 Å². The minimum absolute atomic E-state index is 0.208. The van der Waals surface area contributed by atoms with Gasteiger partial charge < -0.3 is 4.43 Å². The van der Waals surface area contributed by atoms with Gasteiger partial charge in [-0.05, 0) is 51.9 Å². The molecule has 0 aliphatic heterocycles. The van der Waals surface area contributed by atoms with Crippen LogP contribution in [0.5, 0.6) is 0 Å². The van der Waals surface area contributed by atoms with E-state index < -0.39 is 8.32 Å². The van der Waals surface area contributed by atoms with Gasteiger partial charge in [-0.15, -0.1) is 6.58 Å². The first-order valence-corrected chi connectivity index (χ1v) is 10.9. The van der Waals surface area contributed by atoms with Crippen LogP contribution in [0.3, 0.4) is 0 Å². The van der Waals surface area contributed by atoms with E-state index in [0.717, 1.165) is 17.9 Å². The average molecular weight is 287 g/mol. The third-order valence-corrected chi connectivity index (χ3v) is 3.98. The summed E-state index contributed by atoms with van der Waals surface area (Å²) in [6.07, 6.45) is 5.61. The number of unbranched alkanes of at least 4 members (excludes halogenated alkanes) is 1. The predicted molar refractivity (Wildman–Crippen MR) is 88.5 cm³/mol. The Labute approximate surface area is 119 Å². The monoisotopic (exact) mass is 286 g/mol. The van der Waals surface area contributed by atoms with Crippen LogP contribution in [0.15, 0.2) is 23.3 Å². The van der Waals surface area contributed by atoms with Gasteiger partial charge >= 0.3 is 0 Å². The van der Waals surface area contributed by atoms with Crippen LogP contribution < -0.4 is 0 Å². The summed E-state index contributed by atoms with van der Waals surface area (Å²) < 4.78 is 6.37. The first-order valence-electron chi connectivity index (χ1n) is 6.72. The highest BCUT2D eigenvalue weighted by atomic mass is 32.2. The number of allylic oxidation sites excluding steroid dienone is 2. The highest BCUT2D eigenvalue weighted by Crippen LogP contribution is 2.34. The van der Waals surface area contributed by atoms with Gasteiger partial charge in [-0.2, -0.15) is 0 Å². The van der Waals surface area contributed by atoms with E-state index in [1.54, 1.807) is 0 Å². The minimum atomic E-state index is -1.51. The predicted octanol–water partition coefficient (Wildman–Crippen LogP) is 5.96. The zero-order valence-electron chi connectivity index (χ0n) is 13.2. The van der Waals surface area contributed by atoms with Gasteiger partial charge in [0.2, 0.25) is 8.32 Å². The summed E-state index contributed by atoms with van der Waals surface area (Å²) in [4.78, 5) is 0. The van der Waals surface area contributed by atoms with E-state index in [1.807, 2.05) is 11.8 Å². The van der Waals surface area contributed by atoms with Gasteiger partial charge in [0, 0.05) is 4.75 Å². The smallest absolute Gasteiger partial charge is 0.242 e. The van der Waals surface area contributed by atoms with Crippen molar-refractivity contribution in [2.75, 3.05) is 0 Å². The van der Waals surface area contributed by atoms with Crippen molar-refractivity contribution in [3.63, 3.8) is 0 Å².